The van der Waals surface area contributed by atoms with E-state index in [1.807, 2.05) is 61.5 Å². The predicted molar refractivity (Wildman–Crippen MR) is 91.7 cm³/mol. The Morgan fingerprint density at radius 1 is 0.955 bits per heavy atom. The first kappa shape index (κ1) is 16.2. The summed E-state index contributed by atoms with van der Waals surface area (Å²) in [5.41, 5.74) is 9.21. The van der Waals surface area contributed by atoms with Gasteiger partial charge in [0, 0.05) is 11.7 Å². The van der Waals surface area contributed by atoms with Gasteiger partial charge in [-0.05, 0) is 23.1 Å². The van der Waals surface area contributed by atoms with Gasteiger partial charge in [0.2, 0.25) is 5.91 Å². The van der Waals surface area contributed by atoms with Gasteiger partial charge < -0.3 is 11.1 Å². The second-order valence-corrected chi connectivity index (χ2v) is 5.96. The first-order valence-electron chi connectivity index (χ1n) is 7.71. The standard InChI is InChI=1S/C19H24N2O/c1-13(2)16-11-7-8-12-17(16)21-19(22)14(3)18(20)15-9-5-4-6-10-15/h4-14,18H,20H2,1-3H3,(H,21,22). The maximum atomic E-state index is 12.5. The molecule has 22 heavy (non-hydrogen) atoms. The van der Waals surface area contributed by atoms with Gasteiger partial charge in [0.25, 0.3) is 0 Å². The number of rotatable bonds is 5. The van der Waals surface area contributed by atoms with Crippen molar-refractivity contribution in [3.8, 4) is 0 Å². The molecule has 2 atom stereocenters. The van der Waals surface area contributed by atoms with E-state index in [-0.39, 0.29) is 17.9 Å². The summed E-state index contributed by atoms with van der Waals surface area (Å²) in [6.07, 6.45) is 0. The minimum Gasteiger partial charge on any atom is -0.326 e. The van der Waals surface area contributed by atoms with Gasteiger partial charge in [0.1, 0.15) is 0 Å². The average Bonchev–Trinajstić information content (AvgIpc) is 2.54. The van der Waals surface area contributed by atoms with Crippen molar-refractivity contribution in [3.63, 3.8) is 0 Å². The summed E-state index contributed by atoms with van der Waals surface area (Å²) in [5, 5.41) is 3.02. The number of nitrogens with two attached hydrogens (primary N) is 1. The van der Waals surface area contributed by atoms with Gasteiger partial charge in [-0.2, -0.15) is 0 Å². The van der Waals surface area contributed by atoms with Crippen LogP contribution in [0.15, 0.2) is 54.6 Å². The Morgan fingerprint density at radius 2 is 1.55 bits per heavy atom. The van der Waals surface area contributed by atoms with Crippen molar-refractivity contribution in [2.45, 2.75) is 32.7 Å². The van der Waals surface area contributed by atoms with Crippen LogP contribution in [0.3, 0.4) is 0 Å². The minimum absolute atomic E-state index is 0.0514. The summed E-state index contributed by atoms with van der Waals surface area (Å²) in [4.78, 5) is 12.5. The van der Waals surface area contributed by atoms with Crippen LogP contribution in [0.5, 0.6) is 0 Å². The maximum absolute atomic E-state index is 12.5. The molecule has 2 unspecified atom stereocenters. The van der Waals surface area contributed by atoms with E-state index in [4.69, 9.17) is 5.73 Å². The van der Waals surface area contributed by atoms with Crippen LogP contribution in [0.25, 0.3) is 0 Å². The third-order valence-electron chi connectivity index (χ3n) is 3.98. The Kier molecular flexibility index (Phi) is 5.34. The molecule has 3 nitrogen and oxygen atoms in total. The van der Waals surface area contributed by atoms with Crippen LogP contribution in [0, 0.1) is 5.92 Å². The summed E-state index contributed by atoms with van der Waals surface area (Å²) >= 11 is 0. The molecule has 0 bridgehead atoms. The van der Waals surface area contributed by atoms with Gasteiger partial charge in [-0.1, -0.05) is 69.3 Å². The molecule has 2 aromatic rings. The quantitative estimate of drug-likeness (QED) is 0.873. The fourth-order valence-electron chi connectivity index (χ4n) is 2.49. The summed E-state index contributed by atoms with van der Waals surface area (Å²) in [6, 6.07) is 17.3. The van der Waals surface area contributed by atoms with Crippen molar-refractivity contribution in [1.82, 2.24) is 0 Å². The molecule has 116 valence electrons. The lowest BCUT2D eigenvalue weighted by Crippen LogP contribution is -2.30. The zero-order valence-corrected chi connectivity index (χ0v) is 13.4. The topological polar surface area (TPSA) is 55.1 Å². The molecule has 0 aliphatic rings. The van der Waals surface area contributed by atoms with E-state index in [9.17, 15) is 4.79 Å². The number of nitrogens with one attached hydrogen (secondary N) is 1. The highest BCUT2D eigenvalue weighted by atomic mass is 16.1. The molecule has 2 rings (SSSR count). The van der Waals surface area contributed by atoms with E-state index in [1.165, 1.54) is 0 Å². The lowest BCUT2D eigenvalue weighted by Gasteiger charge is -2.21. The van der Waals surface area contributed by atoms with Crippen LogP contribution in [-0.4, -0.2) is 5.91 Å². The highest BCUT2D eigenvalue weighted by molar-refractivity contribution is 5.93. The fraction of sp³-hybridized carbons (Fsp3) is 0.316. The van der Waals surface area contributed by atoms with Crippen molar-refractivity contribution < 1.29 is 4.79 Å². The molecule has 3 heteroatoms. The fourth-order valence-corrected chi connectivity index (χ4v) is 2.49. The molecule has 0 aliphatic heterocycles. The number of carbonyl (C=O) groups excluding carboxylic acids is 1. The molecule has 2 aromatic carbocycles. The number of carbonyl (C=O) groups is 1. The van der Waals surface area contributed by atoms with Gasteiger partial charge in [-0.3, -0.25) is 4.79 Å². The normalized spacial score (nSPS) is 13.7. The van der Waals surface area contributed by atoms with E-state index in [1.54, 1.807) is 0 Å². The Balaban J connectivity index is 2.12. The van der Waals surface area contributed by atoms with Crippen molar-refractivity contribution in [2.24, 2.45) is 11.7 Å². The monoisotopic (exact) mass is 296 g/mol. The lowest BCUT2D eigenvalue weighted by molar-refractivity contribution is -0.120. The van der Waals surface area contributed by atoms with Crippen molar-refractivity contribution in [3.05, 3.63) is 65.7 Å². The van der Waals surface area contributed by atoms with Crippen molar-refractivity contribution in [1.29, 1.82) is 0 Å². The van der Waals surface area contributed by atoms with Crippen LogP contribution in [0.2, 0.25) is 0 Å². The summed E-state index contributed by atoms with van der Waals surface area (Å²) in [6.45, 7) is 6.10. The smallest absolute Gasteiger partial charge is 0.229 e. The van der Waals surface area contributed by atoms with Gasteiger partial charge in [-0.25, -0.2) is 0 Å². The largest absolute Gasteiger partial charge is 0.326 e. The summed E-state index contributed by atoms with van der Waals surface area (Å²) in [5.74, 6) is 0.00155. The van der Waals surface area contributed by atoms with Gasteiger partial charge >= 0.3 is 0 Å². The van der Waals surface area contributed by atoms with Gasteiger partial charge in [0.05, 0.1) is 5.92 Å². The van der Waals surface area contributed by atoms with Crippen LogP contribution in [0.4, 0.5) is 5.69 Å². The minimum atomic E-state index is -0.313. The molecule has 0 fully saturated rings. The number of para-hydroxylation sites is 1. The van der Waals surface area contributed by atoms with E-state index >= 15 is 0 Å². The van der Waals surface area contributed by atoms with Gasteiger partial charge in [-0.15, -0.1) is 0 Å². The lowest BCUT2D eigenvalue weighted by atomic mass is 9.94. The third kappa shape index (κ3) is 3.74. The molecule has 0 saturated heterocycles. The molecule has 3 N–H and O–H groups in total. The number of amides is 1. The Labute approximate surface area is 132 Å². The average molecular weight is 296 g/mol. The number of hydrogen-bond acceptors (Lipinski definition) is 2. The first-order valence-corrected chi connectivity index (χ1v) is 7.71. The SMILES string of the molecule is CC(C)c1ccccc1NC(=O)C(C)C(N)c1ccccc1. The van der Waals surface area contributed by atoms with Crippen LogP contribution in [-0.2, 0) is 4.79 Å². The third-order valence-corrected chi connectivity index (χ3v) is 3.98. The maximum Gasteiger partial charge on any atom is 0.229 e. The molecular weight excluding hydrogens is 272 g/mol. The zero-order chi connectivity index (χ0) is 16.1. The first-order chi connectivity index (χ1) is 10.5. The van der Waals surface area contributed by atoms with Gasteiger partial charge in [0.15, 0.2) is 0 Å². The van der Waals surface area contributed by atoms with Crippen LogP contribution < -0.4 is 11.1 Å². The number of anilines is 1. The molecule has 1 amide bonds. The molecule has 0 spiro atoms. The molecule has 0 aromatic heterocycles. The molecule has 0 heterocycles. The Hall–Kier alpha value is -2.13. The van der Waals surface area contributed by atoms with Crippen molar-refractivity contribution in [2.75, 3.05) is 5.32 Å². The Bertz CT molecular complexity index is 622. The molecule has 0 saturated carbocycles. The van der Waals surface area contributed by atoms with E-state index in [2.05, 4.69) is 19.2 Å². The Morgan fingerprint density at radius 3 is 2.18 bits per heavy atom. The summed E-state index contributed by atoms with van der Waals surface area (Å²) < 4.78 is 0. The van der Waals surface area contributed by atoms with Crippen LogP contribution in [0.1, 0.15) is 43.9 Å². The predicted octanol–water partition coefficient (Wildman–Crippen LogP) is 4.08. The van der Waals surface area contributed by atoms with E-state index in [0.29, 0.717) is 5.92 Å². The highest BCUT2D eigenvalue weighted by Gasteiger charge is 2.22. The van der Waals surface area contributed by atoms with E-state index in [0.717, 1.165) is 16.8 Å². The van der Waals surface area contributed by atoms with Crippen LogP contribution >= 0.6 is 0 Å². The second kappa shape index (κ2) is 7.23. The molecular formula is C19H24N2O. The molecule has 0 radical (unpaired) electrons. The number of hydrogen-bond donors (Lipinski definition) is 2. The second-order valence-electron chi connectivity index (χ2n) is 5.96. The number of benzene rings is 2. The van der Waals surface area contributed by atoms with E-state index < -0.39 is 0 Å². The zero-order valence-electron chi connectivity index (χ0n) is 13.4. The van der Waals surface area contributed by atoms with Crippen molar-refractivity contribution >= 4 is 11.6 Å². The highest BCUT2D eigenvalue weighted by Crippen LogP contribution is 2.26. The molecule has 0 aliphatic carbocycles. The summed E-state index contributed by atoms with van der Waals surface area (Å²) in [7, 11) is 0.